The summed E-state index contributed by atoms with van der Waals surface area (Å²) < 4.78 is 0. The van der Waals surface area contributed by atoms with Crippen molar-refractivity contribution in [1.82, 2.24) is 5.32 Å². The van der Waals surface area contributed by atoms with E-state index < -0.39 is 0 Å². The molecule has 1 aliphatic rings. The van der Waals surface area contributed by atoms with Gasteiger partial charge in [-0.15, -0.1) is 0 Å². The summed E-state index contributed by atoms with van der Waals surface area (Å²) in [4.78, 5) is 19.1. The van der Waals surface area contributed by atoms with Crippen LogP contribution in [0.3, 0.4) is 0 Å². The predicted molar refractivity (Wildman–Crippen MR) is 72.7 cm³/mol. The molecule has 1 amide bonds. The lowest BCUT2D eigenvalue weighted by Gasteiger charge is -2.06. The molecular weight excluding hydrogens is 242 g/mol. The van der Waals surface area contributed by atoms with Gasteiger partial charge in [0.25, 0.3) is 0 Å². The third-order valence-electron chi connectivity index (χ3n) is 2.28. The highest BCUT2D eigenvalue weighted by molar-refractivity contribution is 8.77. The zero-order chi connectivity index (χ0) is 12.2. The summed E-state index contributed by atoms with van der Waals surface area (Å²) in [5.74, 6) is 1.52. The van der Waals surface area contributed by atoms with Crippen LogP contribution in [0.1, 0.15) is 39.0 Å². The highest BCUT2D eigenvalue weighted by Gasteiger charge is 2.15. The van der Waals surface area contributed by atoms with Gasteiger partial charge in [-0.05, 0) is 26.2 Å². The molecule has 0 aliphatic carbocycles. The molecule has 0 aromatic heterocycles. The van der Waals surface area contributed by atoms with E-state index in [9.17, 15) is 4.79 Å². The maximum Gasteiger partial charge on any atom is 0.219 e. The fourth-order valence-corrected chi connectivity index (χ4v) is 4.54. The standard InChI is InChI=1S/C10H19NOS2.CH2O/c1-2-11-10(12)6-4-3-5-9-7-8-13-14-9;1-2/h9H,2-8H2,1H3,(H,11,12);1H2. The second-order valence-corrected chi connectivity index (χ2v) is 6.32. The molecular formula is C11H21NO2S2. The normalized spacial score (nSPS) is 18.7. The minimum absolute atomic E-state index is 0.209. The first-order valence-corrected chi connectivity index (χ1v) is 8.05. The summed E-state index contributed by atoms with van der Waals surface area (Å²) in [5.41, 5.74) is 0. The van der Waals surface area contributed by atoms with Gasteiger partial charge in [-0.3, -0.25) is 4.79 Å². The fraction of sp³-hybridized carbons (Fsp3) is 0.818. The van der Waals surface area contributed by atoms with Crippen molar-refractivity contribution in [3.05, 3.63) is 0 Å². The molecule has 1 atom stereocenters. The van der Waals surface area contributed by atoms with Gasteiger partial charge in [-0.25, -0.2) is 0 Å². The third kappa shape index (κ3) is 8.05. The van der Waals surface area contributed by atoms with E-state index in [2.05, 4.69) is 5.32 Å². The lowest BCUT2D eigenvalue weighted by molar-refractivity contribution is -0.121. The van der Waals surface area contributed by atoms with Gasteiger partial charge in [0.2, 0.25) is 5.91 Å². The monoisotopic (exact) mass is 263 g/mol. The fourth-order valence-electron chi connectivity index (χ4n) is 1.51. The molecule has 0 aromatic carbocycles. The maximum absolute atomic E-state index is 11.1. The van der Waals surface area contributed by atoms with Gasteiger partial charge in [0.15, 0.2) is 0 Å². The van der Waals surface area contributed by atoms with Crippen molar-refractivity contribution in [2.24, 2.45) is 0 Å². The molecule has 1 aliphatic heterocycles. The van der Waals surface area contributed by atoms with E-state index in [4.69, 9.17) is 4.79 Å². The number of carbonyl (C=O) groups is 2. The van der Waals surface area contributed by atoms with Gasteiger partial charge in [0.1, 0.15) is 6.79 Å². The van der Waals surface area contributed by atoms with Crippen LogP contribution in [0.4, 0.5) is 0 Å². The minimum Gasteiger partial charge on any atom is -0.356 e. The largest absolute Gasteiger partial charge is 0.356 e. The van der Waals surface area contributed by atoms with E-state index in [0.29, 0.717) is 6.42 Å². The first kappa shape index (κ1) is 15.8. The van der Waals surface area contributed by atoms with E-state index in [1.165, 1.54) is 25.0 Å². The van der Waals surface area contributed by atoms with E-state index >= 15 is 0 Å². The van der Waals surface area contributed by atoms with E-state index in [0.717, 1.165) is 18.2 Å². The van der Waals surface area contributed by atoms with Crippen LogP contribution in [0.2, 0.25) is 0 Å². The Morgan fingerprint density at radius 3 is 2.75 bits per heavy atom. The first-order valence-electron chi connectivity index (χ1n) is 5.66. The summed E-state index contributed by atoms with van der Waals surface area (Å²) in [6, 6.07) is 0. The van der Waals surface area contributed by atoms with E-state index in [1.54, 1.807) is 0 Å². The van der Waals surface area contributed by atoms with Crippen molar-refractivity contribution < 1.29 is 9.59 Å². The van der Waals surface area contributed by atoms with Crippen molar-refractivity contribution in [3.63, 3.8) is 0 Å². The van der Waals surface area contributed by atoms with Crippen molar-refractivity contribution in [3.8, 4) is 0 Å². The van der Waals surface area contributed by atoms with Crippen LogP contribution in [-0.4, -0.2) is 30.2 Å². The Balaban J connectivity index is 0.00000106. The zero-order valence-electron chi connectivity index (χ0n) is 9.87. The molecule has 3 nitrogen and oxygen atoms in total. The highest BCUT2D eigenvalue weighted by Crippen LogP contribution is 2.39. The molecule has 16 heavy (non-hydrogen) atoms. The number of hydrogen-bond acceptors (Lipinski definition) is 4. The molecule has 5 heteroatoms. The lowest BCUT2D eigenvalue weighted by atomic mass is 10.1. The average molecular weight is 263 g/mol. The second kappa shape index (κ2) is 11.3. The molecule has 1 N–H and O–H groups in total. The maximum atomic E-state index is 11.1. The van der Waals surface area contributed by atoms with E-state index in [-0.39, 0.29) is 5.91 Å². The van der Waals surface area contributed by atoms with Gasteiger partial charge < -0.3 is 10.1 Å². The van der Waals surface area contributed by atoms with Gasteiger partial charge in [0, 0.05) is 24.0 Å². The van der Waals surface area contributed by atoms with Crippen LogP contribution in [0.15, 0.2) is 0 Å². The van der Waals surface area contributed by atoms with Gasteiger partial charge in [-0.2, -0.15) is 0 Å². The smallest absolute Gasteiger partial charge is 0.219 e. The van der Waals surface area contributed by atoms with Crippen LogP contribution in [-0.2, 0) is 9.59 Å². The van der Waals surface area contributed by atoms with Crippen LogP contribution in [0, 0.1) is 0 Å². The molecule has 0 aromatic rings. The Bertz CT molecular complexity index is 185. The average Bonchev–Trinajstić information content (AvgIpc) is 2.81. The van der Waals surface area contributed by atoms with Crippen LogP contribution in [0.5, 0.6) is 0 Å². The van der Waals surface area contributed by atoms with Crippen LogP contribution < -0.4 is 5.32 Å². The van der Waals surface area contributed by atoms with Gasteiger partial charge >= 0.3 is 0 Å². The molecule has 1 rings (SSSR count). The number of hydrogen-bond donors (Lipinski definition) is 1. The Hall–Kier alpha value is -0.160. The highest BCUT2D eigenvalue weighted by atomic mass is 33.1. The number of unbranched alkanes of at least 4 members (excludes halogenated alkanes) is 1. The molecule has 0 bridgehead atoms. The molecule has 1 fully saturated rings. The molecule has 1 heterocycles. The molecule has 0 saturated carbocycles. The number of amides is 1. The van der Waals surface area contributed by atoms with Gasteiger partial charge in [0.05, 0.1) is 0 Å². The number of nitrogens with one attached hydrogen (secondary N) is 1. The van der Waals surface area contributed by atoms with Gasteiger partial charge in [-0.1, -0.05) is 28.0 Å². The SMILES string of the molecule is C=O.CCNC(=O)CCCCC1CCSS1. The van der Waals surface area contributed by atoms with Crippen molar-refractivity contribution in [2.75, 3.05) is 12.3 Å². The Labute approximate surface area is 106 Å². The molecule has 0 spiro atoms. The lowest BCUT2D eigenvalue weighted by Crippen LogP contribution is -2.22. The predicted octanol–water partition coefficient (Wildman–Crippen LogP) is 2.65. The van der Waals surface area contributed by atoms with Crippen molar-refractivity contribution >= 4 is 34.3 Å². The number of carbonyl (C=O) groups excluding carboxylic acids is 2. The Morgan fingerprint density at radius 2 is 2.19 bits per heavy atom. The zero-order valence-corrected chi connectivity index (χ0v) is 11.5. The van der Waals surface area contributed by atoms with Crippen molar-refractivity contribution in [2.45, 2.75) is 44.3 Å². The Morgan fingerprint density at radius 1 is 1.44 bits per heavy atom. The summed E-state index contributed by atoms with van der Waals surface area (Å²) in [6.45, 7) is 4.72. The number of rotatable bonds is 6. The summed E-state index contributed by atoms with van der Waals surface area (Å²) in [7, 11) is 4.02. The third-order valence-corrected chi connectivity index (χ3v) is 5.29. The molecule has 0 radical (unpaired) electrons. The van der Waals surface area contributed by atoms with Crippen LogP contribution >= 0.6 is 21.6 Å². The molecule has 94 valence electrons. The first-order chi connectivity index (χ1) is 7.83. The Kier molecular flexibility index (Phi) is 11.2. The summed E-state index contributed by atoms with van der Waals surface area (Å²) in [5, 5.41) is 3.68. The molecule has 1 unspecified atom stereocenters. The summed E-state index contributed by atoms with van der Waals surface area (Å²) >= 11 is 0. The second-order valence-electron chi connectivity index (χ2n) is 3.53. The van der Waals surface area contributed by atoms with Crippen molar-refractivity contribution in [1.29, 1.82) is 0 Å². The van der Waals surface area contributed by atoms with Crippen LogP contribution in [0.25, 0.3) is 0 Å². The topological polar surface area (TPSA) is 46.2 Å². The quantitative estimate of drug-likeness (QED) is 0.591. The minimum atomic E-state index is 0.209. The summed E-state index contributed by atoms with van der Waals surface area (Å²) in [6.07, 6.45) is 5.61. The van der Waals surface area contributed by atoms with E-state index in [1.807, 2.05) is 35.3 Å². The molecule has 1 saturated heterocycles.